The molecule has 0 radical (unpaired) electrons. The molecule has 0 saturated carbocycles. The molecular weight excluding hydrogens is 418 g/mol. The number of ether oxygens (including phenoxy) is 2. The number of hydrogen-bond acceptors (Lipinski definition) is 6. The Balaban J connectivity index is 1.44. The Morgan fingerprint density at radius 2 is 1.88 bits per heavy atom. The molecule has 0 aliphatic carbocycles. The highest BCUT2D eigenvalue weighted by Crippen LogP contribution is 2.23. The van der Waals surface area contributed by atoms with Crippen LogP contribution in [0.25, 0.3) is 11.3 Å². The van der Waals surface area contributed by atoms with Crippen LogP contribution in [0.4, 0.5) is 14.5 Å². The van der Waals surface area contributed by atoms with E-state index in [0.717, 1.165) is 24.3 Å². The van der Waals surface area contributed by atoms with E-state index in [-0.39, 0.29) is 11.7 Å². The fourth-order valence-electron chi connectivity index (χ4n) is 3.49. The molecule has 0 atom stereocenters. The van der Waals surface area contributed by atoms with Gasteiger partial charge in [0.05, 0.1) is 30.7 Å². The van der Waals surface area contributed by atoms with Gasteiger partial charge in [0, 0.05) is 30.9 Å². The maximum absolute atomic E-state index is 12.7. The van der Waals surface area contributed by atoms with Gasteiger partial charge in [0.2, 0.25) is 0 Å². The summed E-state index contributed by atoms with van der Waals surface area (Å²) in [6.07, 6.45) is 1.39. The number of benzene rings is 2. The van der Waals surface area contributed by atoms with Crippen LogP contribution in [0.15, 0.2) is 60.8 Å². The van der Waals surface area contributed by atoms with Crippen LogP contribution in [-0.2, 0) is 11.3 Å². The Morgan fingerprint density at radius 3 is 2.62 bits per heavy atom. The topological polar surface area (TPSA) is 76.6 Å². The molecular formula is C23H22F2N4O3. The summed E-state index contributed by atoms with van der Waals surface area (Å²) in [6.45, 7) is 0.459. The van der Waals surface area contributed by atoms with E-state index in [2.05, 4.69) is 25.2 Å². The molecule has 0 spiro atoms. The summed E-state index contributed by atoms with van der Waals surface area (Å²) in [5, 5.41) is 10.9. The van der Waals surface area contributed by atoms with Crippen molar-refractivity contribution in [2.45, 2.75) is 13.2 Å². The van der Waals surface area contributed by atoms with E-state index in [1.165, 1.54) is 18.3 Å². The van der Waals surface area contributed by atoms with E-state index in [9.17, 15) is 13.6 Å². The summed E-state index contributed by atoms with van der Waals surface area (Å²) < 4.78 is 34.4. The van der Waals surface area contributed by atoms with Gasteiger partial charge < -0.3 is 19.7 Å². The molecule has 1 aromatic heterocycles. The van der Waals surface area contributed by atoms with Gasteiger partial charge in [-0.05, 0) is 42.0 Å². The van der Waals surface area contributed by atoms with Gasteiger partial charge in [0.1, 0.15) is 5.75 Å². The molecule has 1 N–H and O–H groups in total. The van der Waals surface area contributed by atoms with Crippen molar-refractivity contribution in [3.05, 3.63) is 71.9 Å². The van der Waals surface area contributed by atoms with Crippen molar-refractivity contribution in [2.24, 2.45) is 0 Å². The molecule has 1 aliphatic rings. The Hall–Kier alpha value is -3.59. The molecule has 4 rings (SSSR count). The lowest BCUT2D eigenvalue weighted by Crippen LogP contribution is -2.37. The second kappa shape index (κ2) is 10.1. The SMILES string of the molecule is O=C(NCc1ccccc1N1CCOCC1)c1cnnc(-c2ccc(OC(F)F)cc2)c1. The van der Waals surface area contributed by atoms with Gasteiger partial charge in [-0.3, -0.25) is 4.79 Å². The van der Waals surface area contributed by atoms with Gasteiger partial charge in [-0.1, -0.05) is 18.2 Å². The van der Waals surface area contributed by atoms with Gasteiger partial charge in [0.25, 0.3) is 5.91 Å². The summed E-state index contributed by atoms with van der Waals surface area (Å²) in [6, 6.07) is 15.6. The lowest BCUT2D eigenvalue weighted by Gasteiger charge is -2.30. The molecule has 2 heterocycles. The number of amides is 1. The number of carbonyl (C=O) groups is 1. The quantitative estimate of drug-likeness (QED) is 0.606. The zero-order valence-electron chi connectivity index (χ0n) is 17.2. The first-order chi connectivity index (χ1) is 15.6. The van der Waals surface area contributed by atoms with E-state index < -0.39 is 6.61 Å². The monoisotopic (exact) mass is 440 g/mol. The van der Waals surface area contributed by atoms with E-state index >= 15 is 0 Å². The number of morpholine rings is 1. The highest BCUT2D eigenvalue weighted by atomic mass is 19.3. The minimum atomic E-state index is -2.89. The zero-order chi connectivity index (χ0) is 22.3. The summed E-state index contributed by atoms with van der Waals surface area (Å²) in [5.41, 5.74) is 3.53. The zero-order valence-corrected chi connectivity index (χ0v) is 17.2. The molecule has 1 saturated heterocycles. The third-order valence-electron chi connectivity index (χ3n) is 5.07. The normalized spacial score (nSPS) is 13.8. The minimum absolute atomic E-state index is 0.0459. The summed E-state index contributed by atoms with van der Waals surface area (Å²) in [7, 11) is 0. The molecule has 32 heavy (non-hydrogen) atoms. The number of hydrogen-bond donors (Lipinski definition) is 1. The van der Waals surface area contributed by atoms with Crippen LogP contribution in [0.3, 0.4) is 0 Å². The molecule has 7 nitrogen and oxygen atoms in total. The Morgan fingerprint density at radius 1 is 1.12 bits per heavy atom. The molecule has 1 aliphatic heterocycles. The Kier molecular flexibility index (Phi) is 6.86. The number of aromatic nitrogens is 2. The average Bonchev–Trinajstić information content (AvgIpc) is 2.83. The van der Waals surface area contributed by atoms with Crippen molar-refractivity contribution >= 4 is 11.6 Å². The van der Waals surface area contributed by atoms with Crippen LogP contribution in [-0.4, -0.2) is 49.0 Å². The van der Waals surface area contributed by atoms with E-state index in [0.29, 0.717) is 36.6 Å². The highest BCUT2D eigenvalue weighted by molar-refractivity contribution is 5.94. The van der Waals surface area contributed by atoms with Crippen LogP contribution in [0.5, 0.6) is 5.75 Å². The smallest absolute Gasteiger partial charge is 0.387 e. The average molecular weight is 440 g/mol. The second-order valence-corrected chi connectivity index (χ2v) is 7.14. The minimum Gasteiger partial charge on any atom is -0.435 e. The van der Waals surface area contributed by atoms with E-state index in [1.807, 2.05) is 24.3 Å². The molecule has 0 bridgehead atoms. The van der Waals surface area contributed by atoms with Crippen LogP contribution in [0.2, 0.25) is 0 Å². The molecule has 2 aromatic carbocycles. The van der Waals surface area contributed by atoms with E-state index in [1.54, 1.807) is 18.2 Å². The van der Waals surface area contributed by atoms with Crippen LogP contribution in [0.1, 0.15) is 15.9 Å². The Labute approximate surface area is 184 Å². The first kappa shape index (κ1) is 21.6. The standard InChI is InChI=1S/C23H22F2N4O3/c24-23(25)32-19-7-5-16(6-8-19)20-13-18(15-27-28-20)22(30)26-14-17-3-1-2-4-21(17)29-9-11-31-12-10-29/h1-8,13,15,23H,9-12,14H2,(H,26,30). The predicted molar refractivity (Wildman–Crippen MR) is 115 cm³/mol. The van der Waals surface area contributed by atoms with Crippen molar-refractivity contribution in [1.82, 2.24) is 15.5 Å². The maximum Gasteiger partial charge on any atom is 0.387 e. The summed E-state index contributed by atoms with van der Waals surface area (Å²) in [4.78, 5) is 15.0. The molecule has 1 fully saturated rings. The van der Waals surface area contributed by atoms with Gasteiger partial charge in [-0.2, -0.15) is 19.0 Å². The Bertz CT molecular complexity index is 1060. The van der Waals surface area contributed by atoms with Gasteiger partial charge in [-0.15, -0.1) is 0 Å². The fourth-order valence-corrected chi connectivity index (χ4v) is 3.49. The molecule has 0 unspecified atom stereocenters. The number of nitrogens with zero attached hydrogens (tertiary/aromatic N) is 3. The largest absolute Gasteiger partial charge is 0.435 e. The molecule has 3 aromatic rings. The van der Waals surface area contributed by atoms with Crippen LogP contribution in [0, 0.1) is 0 Å². The van der Waals surface area contributed by atoms with Gasteiger partial charge in [0.15, 0.2) is 0 Å². The number of anilines is 1. The second-order valence-electron chi connectivity index (χ2n) is 7.14. The first-order valence-corrected chi connectivity index (χ1v) is 10.2. The number of rotatable bonds is 7. The number of para-hydroxylation sites is 1. The van der Waals surface area contributed by atoms with Gasteiger partial charge in [-0.25, -0.2) is 0 Å². The predicted octanol–water partition coefficient (Wildman–Crippen LogP) is 3.51. The van der Waals surface area contributed by atoms with Crippen LogP contribution >= 0.6 is 0 Å². The van der Waals surface area contributed by atoms with Gasteiger partial charge >= 0.3 is 6.61 Å². The lowest BCUT2D eigenvalue weighted by molar-refractivity contribution is -0.0498. The summed E-state index contributed by atoms with van der Waals surface area (Å²) >= 11 is 0. The van der Waals surface area contributed by atoms with E-state index in [4.69, 9.17) is 4.74 Å². The van der Waals surface area contributed by atoms with Crippen molar-refractivity contribution in [3.8, 4) is 17.0 Å². The fraction of sp³-hybridized carbons (Fsp3) is 0.261. The number of carbonyl (C=O) groups excluding carboxylic acids is 1. The summed E-state index contributed by atoms with van der Waals surface area (Å²) in [5.74, 6) is -0.236. The van der Waals surface area contributed by atoms with Crippen molar-refractivity contribution in [1.29, 1.82) is 0 Å². The number of nitrogens with one attached hydrogen (secondary N) is 1. The third-order valence-corrected chi connectivity index (χ3v) is 5.07. The van der Waals surface area contributed by atoms with Crippen LogP contribution < -0.4 is 15.0 Å². The molecule has 1 amide bonds. The molecule has 166 valence electrons. The van der Waals surface area contributed by atoms with Crippen molar-refractivity contribution < 1.29 is 23.0 Å². The lowest BCUT2D eigenvalue weighted by atomic mass is 10.1. The third kappa shape index (κ3) is 5.36. The number of alkyl halides is 2. The molecule has 9 heteroatoms. The van der Waals surface area contributed by atoms with Crippen molar-refractivity contribution in [2.75, 3.05) is 31.2 Å². The first-order valence-electron chi connectivity index (χ1n) is 10.2. The maximum atomic E-state index is 12.7. The highest BCUT2D eigenvalue weighted by Gasteiger charge is 2.16. The van der Waals surface area contributed by atoms with Crippen molar-refractivity contribution in [3.63, 3.8) is 0 Å². The number of halogens is 2.